The van der Waals surface area contributed by atoms with Crippen LogP contribution in [0.5, 0.6) is 5.75 Å². The van der Waals surface area contributed by atoms with Crippen molar-refractivity contribution in [2.45, 2.75) is 33.2 Å². The Labute approximate surface area is 229 Å². The first-order chi connectivity index (χ1) is 18.9. The number of anilines is 1. The monoisotopic (exact) mass is 537 g/mol. The van der Waals surface area contributed by atoms with E-state index >= 15 is 0 Å². The molecule has 3 heterocycles. The van der Waals surface area contributed by atoms with Crippen molar-refractivity contribution in [2.24, 2.45) is 0 Å². The second kappa shape index (κ2) is 10.6. The summed E-state index contributed by atoms with van der Waals surface area (Å²) in [4.78, 5) is 27.2. The fourth-order valence-electron chi connectivity index (χ4n) is 4.91. The first-order valence-corrected chi connectivity index (χ1v) is 13.4. The van der Waals surface area contributed by atoms with Crippen LogP contribution in [0.2, 0.25) is 0 Å². The SMILES string of the molecule is CCC(C(=O)Nc1scc(-c2ccc(OC)cc2)c1C#N)n1c(=O)cc(C)c2c(C)nn(-c3ccccc3)c21. The summed E-state index contributed by atoms with van der Waals surface area (Å²) in [7, 11) is 1.60. The van der Waals surface area contributed by atoms with Gasteiger partial charge in [0.25, 0.3) is 5.56 Å². The highest BCUT2D eigenvalue weighted by atomic mass is 32.1. The zero-order valence-electron chi connectivity index (χ0n) is 22.1. The summed E-state index contributed by atoms with van der Waals surface area (Å²) in [6.07, 6.45) is 0.363. The van der Waals surface area contributed by atoms with Gasteiger partial charge in [0.1, 0.15) is 28.5 Å². The van der Waals surface area contributed by atoms with Crippen LogP contribution in [-0.2, 0) is 4.79 Å². The molecule has 1 amide bonds. The van der Waals surface area contributed by atoms with Gasteiger partial charge in [-0.25, -0.2) is 4.68 Å². The lowest BCUT2D eigenvalue weighted by atomic mass is 10.0. The van der Waals surface area contributed by atoms with Crippen LogP contribution < -0.4 is 15.6 Å². The van der Waals surface area contributed by atoms with Crippen LogP contribution in [0.15, 0.2) is 70.8 Å². The van der Waals surface area contributed by atoms with Crippen molar-refractivity contribution >= 4 is 33.3 Å². The summed E-state index contributed by atoms with van der Waals surface area (Å²) < 4.78 is 8.48. The number of hydrogen-bond donors (Lipinski definition) is 1. The third-order valence-corrected chi connectivity index (χ3v) is 7.67. The number of rotatable bonds is 7. The van der Waals surface area contributed by atoms with Crippen molar-refractivity contribution in [3.05, 3.63) is 93.2 Å². The molecule has 39 heavy (non-hydrogen) atoms. The van der Waals surface area contributed by atoms with Gasteiger partial charge < -0.3 is 10.1 Å². The second-order valence-electron chi connectivity index (χ2n) is 9.17. The van der Waals surface area contributed by atoms with Crippen LogP contribution in [0.4, 0.5) is 5.00 Å². The maximum absolute atomic E-state index is 13.8. The molecule has 0 radical (unpaired) electrons. The van der Waals surface area contributed by atoms with E-state index in [2.05, 4.69) is 11.4 Å². The lowest BCUT2D eigenvalue weighted by Crippen LogP contribution is -2.34. The van der Waals surface area contributed by atoms with Crippen molar-refractivity contribution in [1.29, 1.82) is 5.26 Å². The summed E-state index contributed by atoms with van der Waals surface area (Å²) in [5, 5.41) is 20.8. The van der Waals surface area contributed by atoms with E-state index in [0.717, 1.165) is 33.5 Å². The number of methoxy groups -OCH3 is 1. The second-order valence-corrected chi connectivity index (χ2v) is 10.1. The molecule has 1 atom stereocenters. The number of hydrogen-bond acceptors (Lipinski definition) is 6. The van der Waals surface area contributed by atoms with Crippen molar-refractivity contribution in [1.82, 2.24) is 14.3 Å². The predicted molar refractivity (Wildman–Crippen MR) is 154 cm³/mol. The van der Waals surface area contributed by atoms with Gasteiger partial charge >= 0.3 is 0 Å². The fraction of sp³-hybridized carbons (Fsp3) is 0.200. The van der Waals surface area contributed by atoms with Crippen molar-refractivity contribution in [2.75, 3.05) is 12.4 Å². The number of nitrogens with zero attached hydrogens (tertiary/aromatic N) is 4. The molecule has 0 spiro atoms. The van der Waals surface area contributed by atoms with Crippen LogP contribution in [0, 0.1) is 25.2 Å². The van der Waals surface area contributed by atoms with Crippen LogP contribution in [0.25, 0.3) is 27.8 Å². The Morgan fingerprint density at radius 1 is 1.15 bits per heavy atom. The topological polar surface area (TPSA) is 102 Å². The van der Waals surface area contributed by atoms with Gasteiger partial charge in [-0.15, -0.1) is 11.3 Å². The smallest absolute Gasteiger partial charge is 0.253 e. The first-order valence-electron chi connectivity index (χ1n) is 12.5. The third kappa shape index (κ3) is 4.60. The summed E-state index contributed by atoms with van der Waals surface area (Å²) in [6, 6.07) is 19.9. The van der Waals surface area contributed by atoms with E-state index in [9.17, 15) is 14.9 Å². The Morgan fingerprint density at radius 2 is 1.87 bits per heavy atom. The summed E-state index contributed by atoms with van der Waals surface area (Å²) in [5.41, 5.74) is 4.58. The number of benzene rings is 2. The van der Waals surface area contributed by atoms with Crippen molar-refractivity contribution in [3.8, 4) is 28.6 Å². The number of pyridine rings is 1. The molecule has 1 unspecified atom stereocenters. The lowest BCUT2D eigenvalue weighted by molar-refractivity contribution is -0.119. The van der Waals surface area contributed by atoms with E-state index in [4.69, 9.17) is 9.84 Å². The highest BCUT2D eigenvalue weighted by molar-refractivity contribution is 7.15. The minimum absolute atomic E-state index is 0.287. The minimum atomic E-state index is -0.822. The number of thiophene rings is 1. The molecule has 0 aliphatic heterocycles. The molecule has 0 fully saturated rings. The van der Waals surface area contributed by atoms with E-state index in [1.807, 2.05) is 80.7 Å². The zero-order valence-corrected chi connectivity index (χ0v) is 22.9. The molecule has 196 valence electrons. The predicted octanol–water partition coefficient (Wildman–Crippen LogP) is 6.00. The molecular weight excluding hydrogens is 510 g/mol. The number of aromatic nitrogens is 3. The van der Waals surface area contributed by atoms with Gasteiger partial charge in [0.05, 0.1) is 24.1 Å². The Morgan fingerprint density at radius 3 is 2.51 bits per heavy atom. The number of nitrogens with one attached hydrogen (secondary N) is 1. The van der Waals surface area contributed by atoms with E-state index < -0.39 is 6.04 Å². The molecule has 0 bridgehead atoms. The van der Waals surface area contributed by atoms with Gasteiger partial charge in [-0.2, -0.15) is 10.4 Å². The maximum atomic E-state index is 13.8. The van der Waals surface area contributed by atoms with Crippen molar-refractivity contribution in [3.63, 3.8) is 0 Å². The van der Waals surface area contributed by atoms with Crippen molar-refractivity contribution < 1.29 is 9.53 Å². The summed E-state index contributed by atoms with van der Waals surface area (Å²) in [5.74, 6) is 0.342. The summed E-state index contributed by atoms with van der Waals surface area (Å²) in [6.45, 7) is 5.64. The van der Waals surface area contributed by atoms with E-state index in [-0.39, 0.29) is 11.5 Å². The van der Waals surface area contributed by atoms with Crippen LogP contribution >= 0.6 is 11.3 Å². The molecule has 3 aromatic heterocycles. The van der Waals surface area contributed by atoms with Gasteiger partial charge in [-0.05, 0) is 55.7 Å². The molecule has 0 saturated carbocycles. The Kier molecular flexibility index (Phi) is 7.05. The highest BCUT2D eigenvalue weighted by Gasteiger charge is 2.27. The third-order valence-electron chi connectivity index (χ3n) is 6.78. The molecule has 1 N–H and O–H groups in total. The number of para-hydroxylation sites is 1. The standard InChI is InChI=1S/C30H27N5O3S/c1-5-25(28(37)32-29-23(16-31)24(17-39-29)20-11-13-22(38-4)14-12-20)34-26(36)15-18(2)27-19(3)33-35(30(27)34)21-9-7-6-8-10-21/h6-15,17,25H,5H2,1-4H3,(H,32,37). The molecule has 0 aliphatic carbocycles. The minimum Gasteiger partial charge on any atom is -0.497 e. The Balaban J connectivity index is 1.58. The van der Waals surface area contributed by atoms with Crippen LogP contribution in [-0.4, -0.2) is 27.4 Å². The molecule has 0 saturated heterocycles. The number of amides is 1. The Bertz CT molecular complexity index is 1780. The van der Waals surface area contributed by atoms with Gasteiger partial charge in [0.15, 0.2) is 0 Å². The van der Waals surface area contributed by atoms with Crippen LogP contribution in [0.1, 0.15) is 36.2 Å². The molecule has 0 aliphatic rings. The van der Waals surface area contributed by atoms with E-state index in [0.29, 0.717) is 28.4 Å². The average Bonchev–Trinajstić information content (AvgIpc) is 3.51. The number of fused-ring (bicyclic) bond motifs is 1. The number of carbonyl (C=O) groups is 1. The highest BCUT2D eigenvalue weighted by Crippen LogP contribution is 2.36. The fourth-order valence-corrected chi connectivity index (χ4v) is 5.83. The number of aryl methyl sites for hydroxylation is 2. The van der Waals surface area contributed by atoms with Gasteiger partial charge in [0.2, 0.25) is 5.91 Å². The molecular formula is C30H27N5O3S. The van der Waals surface area contributed by atoms with Gasteiger partial charge in [-0.3, -0.25) is 14.2 Å². The quantitative estimate of drug-likeness (QED) is 0.274. The Hall–Kier alpha value is -4.68. The van der Waals surface area contributed by atoms with Crippen LogP contribution in [0.3, 0.4) is 0 Å². The molecule has 9 heteroatoms. The lowest BCUT2D eigenvalue weighted by Gasteiger charge is -2.20. The van der Waals surface area contributed by atoms with Gasteiger partial charge in [0, 0.05) is 22.4 Å². The first kappa shape index (κ1) is 25.9. The van der Waals surface area contributed by atoms with Gasteiger partial charge in [-0.1, -0.05) is 37.3 Å². The molecule has 2 aromatic carbocycles. The average molecular weight is 538 g/mol. The number of carbonyl (C=O) groups excluding carboxylic acids is 1. The molecule has 5 rings (SSSR count). The van der Waals surface area contributed by atoms with E-state index in [1.54, 1.807) is 17.9 Å². The molecule has 8 nitrogen and oxygen atoms in total. The largest absolute Gasteiger partial charge is 0.497 e. The zero-order chi connectivity index (χ0) is 27.7. The number of nitriles is 1. The normalized spacial score (nSPS) is 11.8. The molecule has 5 aromatic rings. The summed E-state index contributed by atoms with van der Waals surface area (Å²) >= 11 is 1.28. The maximum Gasteiger partial charge on any atom is 0.253 e. The van der Waals surface area contributed by atoms with E-state index in [1.165, 1.54) is 15.9 Å². The number of ether oxygens (including phenoxy) is 1.